The first kappa shape index (κ1) is 15.0. The van der Waals surface area contributed by atoms with Crippen molar-refractivity contribution in [2.24, 2.45) is 5.14 Å². The molecule has 0 saturated heterocycles. The maximum Gasteiger partial charge on any atom is 0.239 e. The normalized spacial score (nSPS) is 12.3. The van der Waals surface area contributed by atoms with Crippen LogP contribution in [0, 0.1) is 0 Å². The summed E-state index contributed by atoms with van der Waals surface area (Å²) in [6, 6.07) is 10.9. The van der Waals surface area contributed by atoms with Crippen molar-refractivity contribution in [3.05, 3.63) is 53.6 Å². The highest BCUT2D eigenvalue weighted by molar-refractivity contribution is 7.93. The third kappa shape index (κ3) is 2.85. The lowest BCUT2D eigenvalue weighted by Crippen LogP contribution is -2.17. The molecule has 0 spiro atoms. The summed E-state index contributed by atoms with van der Waals surface area (Å²) in [6.45, 7) is 0. The van der Waals surface area contributed by atoms with E-state index in [2.05, 4.69) is 0 Å². The number of benzene rings is 2. The number of sulfone groups is 1. The number of sulfonamides is 1. The predicted molar refractivity (Wildman–Crippen MR) is 74.7 cm³/mol. The fourth-order valence-electron chi connectivity index (χ4n) is 1.65. The second-order valence-corrected chi connectivity index (χ2v) is 7.84. The Hall–Kier alpha value is -1.41. The maximum atomic E-state index is 12.5. The Kier molecular flexibility index (Phi) is 3.88. The van der Waals surface area contributed by atoms with Crippen LogP contribution in [0.15, 0.2) is 63.2 Å². The van der Waals surface area contributed by atoms with Crippen LogP contribution in [0.3, 0.4) is 0 Å². The molecule has 2 aromatic carbocycles. The zero-order valence-corrected chi connectivity index (χ0v) is 12.4. The molecule has 0 bridgehead atoms. The number of rotatable bonds is 3. The summed E-state index contributed by atoms with van der Waals surface area (Å²) in [5.74, 6) is 0. The van der Waals surface area contributed by atoms with Crippen molar-refractivity contribution >= 4 is 31.5 Å². The van der Waals surface area contributed by atoms with Crippen molar-refractivity contribution < 1.29 is 16.8 Å². The second kappa shape index (κ2) is 5.17. The smallest absolute Gasteiger partial charge is 0.225 e. The molecule has 8 heteroatoms. The summed E-state index contributed by atoms with van der Waals surface area (Å²) in [7, 11) is -8.20. The van der Waals surface area contributed by atoms with E-state index >= 15 is 0 Å². The van der Waals surface area contributed by atoms with Crippen molar-refractivity contribution in [2.75, 3.05) is 0 Å². The van der Waals surface area contributed by atoms with Gasteiger partial charge in [-0.25, -0.2) is 22.0 Å². The quantitative estimate of drug-likeness (QED) is 0.928. The molecule has 0 aliphatic rings. The molecule has 0 saturated carbocycles. The fourth-order valence-corrected chi connectivity index (χ4v) is 4.55. The lowest BCUT2D eigenvalue weighted by Gasteiger charge is -2.09. The number of hydrogen-bond donors (Lipinski definition) is 1. The number of nitrogens with two attached hydrogens (primary N) is 1. The molecule has 5 nitrogen and oxygen atoms in total. The summed E-state index contributed by atoms with van der Waals surface area (Å²) in [5.41, 5.74) is 0. The molecular formula is C12H10ClNO4S2. The monoisotopic (exact) mass is 331 g/mol. The van der Waals surface area contributed by atoms with Gasteiger partial charge in [0.2, 0.25) is 19.9 Å². The van der Waals surface area contributed by atoms with Gasteiger partial charge in [0.25, 0.3) is 0 Å². The standard InChI is InChI=1S/C12H10ClNO4S2/c13-9-6-7-11(20(14,17)18)12(8-9)19(15,16)10-4-2-1-3-5-10/h1-8H,(H2,14,17,18). The third-order valence-corrected chi connectivity index (χ3v) is 5.70. The minimum Gasteiger partial charge on any atom is -0.225 e. The molecule has 0 heterocycles. The minimum absolute atomic E-state index is 0.0350. The van der Waals surface area contributed by atoms with Crippen molar-refractivity contribution in [3.8, 4) is 0 Å². The van der Waals surface area contributed by atoms with E-state index in [0.29, 0.717) is 0 Å². The number of hydrogen-bond acceptors (Lipinski definition) is 4. The summed E-state index contributed by atoms with van der Waals surface area (Å²) in [4.78, 5) is -0.948. The summed E-state index contributed by atoms with van der Waals surface area (Å²) in [5, 5.41) is 5.15. The van der Waals surface area contributed by atoms with Crippen molar-refractivity contribution in [2.45, 2.75) is 14.7 Å². The molecule has 2 rings (SSSR count). The summed E-state index contributed by atoms with van der Waals surface area (Å²) >= 11 is 5.76. The zero-order valence-electron chi connectivity index (χ0n) is 10.0. The van der Waals surface area contributed by atoms with E-state index in [1.807, 2.05) is 0 Å². The second-order valence-electron chi connectivity index (χ2n) is 3.95. The first-order chi connectivity index (χ1) is 9.23. The van der Waals surface area contributed by atoms with E-state index in [4.69, 9.17) is 16.7 Å². The minimum atomic E-state index is -4.18. The highest BCUT2D eigenvalue weighted by Gasteiger charge is 2.26. The topological polar surface area (TPSA) is 94.3 Å². The Bertz CT molecular complexity index is 846. The third-order valence-electron chi connectivity index (χ3n) is 2.56. The van der Waals surface area contributed by atoms with Gasteiger partial charge < -0.3 is 0 Å². The van der Waals surface area contributed by atoms with E-state index < -0.39 is 29.7 Å². The van der Waals surface area contributed by atoms with E-state index in [-0.39, 0.29) is 9.92 Å². The van der Waals surface area contributed by atoms with Gasteiger partial charge in [-0.05, 0) is 30.3 Å². The van der Waals surface area contributed by atoms with Crippen LogP contribution in [0.5, 0.6) is 0 Å². The van der Waals surface area contributed by atoms with Gasteiger partial charge in [0.1, 0.15) is 4.90 Å². The molecule has 0 atom stereocenters. The molecule has 2 aromatic rings. The van der Waals surface area contributed by atoms with Gasteiger partial charge in [0.05, 0.1) is 9.79 Å². The average Bonchev–Trinajstić information content (AvgIpc) is 2.38. The molecule has 0 aliphatic carbocycles. The van der Waals surface area contributed by atoms with Crippen molar-refractivity contribution in [3.63, 3.8) is 0 Å². The zero-order chi connectivity index (χ0) is 15.0. The van der Waals surface area contributed by atoms with Gasteiger partial charge in [-0.3, -0.25) is 0 Å². The fraction of sp³-hybridized carbons (Fsp3) is 0. The van der Waals surface area contributed by atoms with Crippen LogP contribution >= 0.6 is 11.6 Å². The molecule has 0 fully saturated rings. The van der Waals surface area contributed by atoms with Crippen molar-refractivity contribution in [1.29, 1.82) is 0 Å². The number of primary sulfonamides is 1. The molecule has 2 N–H and O–H groups in total. The largest absolute Gasteiger partial charge is 0.239 e. The van der Waals surface area contributed by atoms with E-state index in [1.165, 1.54) is 30.3 Å². The predicted octanol–water partition coefficient (Wildman–Crippen LogP) is 1.82. The Morgan fingerprint density at radius 2 is 1.45 bits per heavy atom. The van der Waals surface area contributed by atoms with Crippen LogP contribution in [0.25, 0.3) is 0 Å². The average molecular weight is 332 g/mol. The van der Waals surface area contributed by atoms with Gasteiger partial charge >= 0.3 is 0 Å². The van der Waals surface area contributed by atoms with Crippen LogP contribution in [-0.2, 0) is 19.9 Å². The van der Waals surface area contributed by atoms with Gasteiger partial charge in [-0.15, -0.1) is 0 Å². The molecule has 0 aromatic heterocycles. The Morgan fingerprint density at radius 3 is 2.00 bits per heavy atom. The van der Waals surface area contributed by atoms with E-state index in [9.17, 15) is 16.8 Å². The molecule has 0 radical (unpaired) electrons. The lowest BCUT2D eigenvalue weighted by molar-refractivity contribution is 0.583. The maximum absolute atomic E-state index is 12.5. The van der Waals surface area contributed by atoms with Crippen LogP contribution < -0.4 is 5.14 Å². The molecule has 0 aliphatic heterocycles. The van der Waals surface area contributed by atoms with E-state index in [1.54, 1.807) is 6.07 Å². The van der Waals surface area contributed by atoms with Crippen LogP contribution in [0.4, 0.5) is 0 Å². The summed E-state index contributed by atoms with van der Waals surface area (Å²) < 4.78 is 48.0. The first-order valence-electron chi connectivity index (χ1n) is 5.35. The van der Waals surface area contributed by atoms with E-state index in [0.717, 1.165) is 12.1 Å². The van der Waals surface area contributed by atoms with Crippen LogP contribution in [0.1, 0.15) is 0 Å². The highest BCUT2D eigenvalue weighted by atomic mass is 35.5. The van der Waals surface area contributed by atoms with Gasteiger partial charge in [-0.2, -0.15) is 0 Å². The Labute approximate surface area is 122 Å². The SMILES string of the molecule is NS(=O)(=O)c1ccc(Cl)cc1S(=O)(=O)c1ccccc1. The summed E-state index contributed by atoms with van der Waals surface area (Å²) in [6.07, 6.45) is 0. The Balaban J connectivity index is 2.79. The Morgan fingerprint density at radius 1 is 0.850 bits per heavy atom. The lowest BCUT2D eigenvalue weighted by atomic mass is 10.4. The van der Waals surface area contributed by atoms with Gasteiger partial charge in [0.15, 0.2) is 0 Å². The molecule has 20 heavy (non-hydrogen) atoms. The molecule has 0 amide bonds. The first-order valence-corrected chi connectivity index (χ1v) is 8.76. The van der Waals surface area contributed by atoms with Crippen molar-refractivity contribution in [1.82, 2.24) is 0 Å². The van der Waals surface area contributed by atoms with Crippen LogP contribution in [0.2, 0.25) is 5.02 Å². The molecular weight excluding hydrogens is 322 g/mol. The van der Waals surface area contributed by atoms with Gasteiger partial charge in [-0.1, -0.05) is 29.8 Å². The van der Waals surface area contributed by atoms with Gasteiger partial charge in [0, 0.05) is 5.02 Å². The molecule has 0 unspecified atom stereocenters. The van der Waals surface area contributed by atoms with Crippen LogP contribution in [-0.4, -0.2) is 16.8 Å². The number of halogens is 1. The molecule has 106 valence electrons. The highest BCUT2D eigenvalue weighted by Crippen LogP contribution is 2.29.